The van der Waals surface area contributed by atoms with Crippen molar-refractivity contribution in [3.8, 4) is 0 Å². The van der Waals surface area contributed by atoms with Gasteiger partial charge in [-0.25, -0.2) is 0 Å². The highest BCUT2D eigenvalue weighted by molar-refractivity contribution is 5.91. The highest BCUT2D eigenvalue weighted by Gasteiger charge is 2.08. The standard InChI is InChI=1S/C14H15NO3/c1-10-2-7-13(18-10)14(17)15-8-11-3-5-12(9-16)6-4-11/h2-7,16H,8-9H2,1H3,(H,15,17). The Labute approximate surface area is 105 Å². The van der Waals surface area contributed by atoms with Gasteiger partial charge in [0, 0.05) is 6.54 Å². The summed E-state index contributed by atoms with van der Waals surface area (Å²) in [6.45, 7) is 2.26. The number of aliphatic hydroxyl groups is 1. The molecule has 2 aromatic rings. The Morgan fingerprint density at radius 3 is 2.39 bits per heavy atom. The average molecular weight is 245 g/mol. The van der Waals surface area contributed by atoms with Gasteiger partial charge < -0.3 is 14.8 Å². The van der Waals surface area contributed by atoms with Crippen molar-refractivity contribution < 1.29 is 14.3 Å². The van der Waals surface area contributed by atoms with Gasteiger partial charge >= 0.3 is 0 Å². The molecule has 0 aliphatic carbocycles. The topological polar surface area (TPSA) is 62.5 Å². The Morgan fingerprint density at radius 2 is 1.83 bits per heavy atom. The first-order chi connectivity index (χ1) is 8.69. The summed E-state index contributed by atoms with van der Waals surface area (Å²) in [6.07, 6.45) is 0. The minimum Gasteiger partial charge on any atom is -0.456 e. The number of hydrogen-bond donors (Lipinski definition) is 2. The van der Waals surface area contributed by atoms with E-state index in [4.69, 9.17) is 9.52 Å². The maximum absolute atomic E-state index is 11.7. The molecule has 2 rings (SSSR count). The van der Waals surface area contributed by atoms with Gasteiger partial charge in [0.25, 0.3) is 5.91 Å². The molecule has 2 N–H and O–H groups in total. The van der Waals surface area contributed by atoms with Gasteiger partial charge in [0.2, 0.25) is 0 Å². The molecule has 94 valence electrons. The Bertz CT molecular complexity index is 528. The summed E-state index contributed by atoms with van der Waals surface area (Å²) in [4.78, 5) is 11.7. The van der Waals surface area contributed by atoms with Crippen LogP contribution in [0.3, 0.4) is 0 Å². The van der Waals surface area contributed by atoms with Crippen LogP contribution in [-0.2, 0) is 13.2 Å². The first kappa shape index (κ1) is 12.4. The van der Waals surface area contributed by atoms with Crippen LogP contribution in [0.1, 0.15) is 27.4 Å². The summed E-state index contributed by atoms with van der Waals surface area (Å²) >= 11 is 0. The summed E-state index contributed by atoms with van der Waals surface area (Å²) < 4.78 is 5.23. The van der Waals surface area contributed by atoms with E-state index < -0.39 is 0 Å². The van der Waals surface area contributed by atoms with E-state index in [1.54, 1.807) is 19.1 Å². The number of amides is 1. The zero-order valence-electron chi connectivity index (χ0n) is 10.1. The second kappa shape index (κ2) is 5.51. The summed E-state index contributed by atoms with van der Waals surface area (Å²) in [5.74, 6) is 0.807. The molecule has 0 spiro atoms. The van der Waals surface area contributed by atoms with Crippen molar-refractivity contribution in [1.82, 2.24) is 5.32 Å². The van der Waals surface area contributed by atoms with Gasteiger partial charge in [-0.15, -0.1) is 0 Å². The Kier molecular flexibility index (Phi) is 3.79. The number of hydrogen-bond acceptors (Lipinski definition) is 3. The first-order valence-corrected chi connectivity index (χ1v) is 5.72. The van der Waals surface area contributed by atoms with Crippen LogP contribution in [-0.4, -0.2) is 11.0 Å². The van der Waals surface area contributed by atoms with Crippen molar-refractivity contribution in [2.24, 2.45) is 0 Å². The van der Waals surface area contributed by atoms with Crippen LogP contribution in [0.25, 0.3) is 0 Å². The lowest BCUT2D eigenvalue weighted by Crippen LogP contribution is -2.22. The molecule has 0 fully saturated rings. The van der Waals surface area contributed by atoms with Crippen molar-refractivity contribution >= 4 is 5.91 Å². The Balaban J connectivity index is 1.92. The molecule has 1 heterocycles. The molecule has 0 saturated heterocycles. The number of nitrogens with one attached hydrogen (secondary N) is 1. The molecular weight excluding hydrogens is 230 g/mol. The predicted octanol–water partition coefficient (Wildman–Crippen LogP) is 2.01. The average Bonchev–Trinajstić information content (AvgIpc) is 2.83. The van der Waals surface area contributed by atoms with E-state index >= 15 is 0 Å². The number of carbonyl (C=O) groups is 1. The van der Waals surface area contributed by atoms with E-state index in [1.807, 2.05) is 24.3 Å². The molecule has 4 nitrogen and oxygen atoms in total. The van der Waals surface area contributed by atoms with Crippen LogP contribution < -0.4 is 5.32 Å². The first-order valence-electron chi connectivity index (χ1n) is 5.72. The molecule has 18 heavy (non-hydrogen) atoms. The third-order valence-electron chi connectivity index (χ3n) is 2.62. The highest BCUT2D eigenvalue weighted by atomic mass is 16.3. The predicted molar refractivity (Wildman–Crippen MR) is 67.0 cm³/mol. The van der Waals surface area contributed by atoms with Crippen molar-refractivity contribution in [3.05, 3.63) is 59.0 Å². The molecule has 1 amide bonds. The monoisotopic (exact) mass is 245 g/mol. The van der Waals surface area contributed by atoms with Gasteiger partial charge in [-0.2, -0.15) is 0 Å². The summed E-state index contributed by atoms with van der Waals surface area (Å²) in [5, 5.41) is 11.7. The maximum atomic E-state index is 11.7. The molecule has 0 saturated carbocycles. The SMILES string of the molecule is Cc1ccc(C(=O)NCc2ccc(CO)cc2)o1. The smallest absolute Gasteiger partial charge is 0.287 e. The van der Waals surface area contributed by atoms with Crippen molar-refractivity contribution in [1.29, 1.82) is 0 Å². The third kappa shape index (κ3) is 2.99. The van der Waals surface area contributed by atoms with E-state index in [-0.39, 0.29) is 12.5 Å². The van der Waals surface area contributed by atoms with E-state index in [9.17, 15) is 4.79 Å². The maximum Gasteiger partial charge on any atom is 0.287 e. The zero-order valence-corrected chi connectivity index (χ0v) is 10.1. The van der Waals surface area contributed by atoms with Gasteiger partial charge in [-0.1, -0.05) is 24.3 Å². The molecule has 0 aliphatic rings. The Morgan fingerprint density at radius 1 is 1.17 bits per heavy atom. The van der Waals surface area contributed by atoms with Gasteiger partial charge in [-0.05, 0) is 30.2 Å². The van der Waals surface area contributed by atoms with Crippen LogP contribution in [0.5, 0.6) is 0 Å². The summed E-state index contributed by atoms with van der Waals surface area (Å²) in [6, 6.07) is 10.8. The quantitative estimate of drug-likeness (QED) is 0.866. The number of rotatable bonds is 4. The fraction of sp³-hybridized carbons (Fsp3) is 0.214. The summed E-state index contributed by atoms with van der Waals surface area (Å²) in [7, 11) is 0. The zero-order chi connectivity index (χ0) is 13.0. The lowest BCUT2D eigenvalue weighted by Gasteiger charge is -2.04. The summed E-state index contributed by atoms with van der Waals surface area (Å²) in [5.41, 5.74) is 1.83. The fourth-order valence-electron chi connectivity index (χ4n) is 1.59. The van der Waals surface area contributed by atoms with E-state index in [1.165, 1.54) is 0 Å². The number of furan rings is 1. The molecule has 0 unspecified atom stereocenters. The second-order valence-electron chi connectivity index (χ2n) is 4.07. The largest absolute Gasteiger partial charge is 0.456 e. The van der Waals surface area contributed by atoms with Gasteiger partial charge in [0.05, 0.1) is 6.61 Å². The van der Waals surface area contributed by atoms with Gasteiger partial charge in [0.15, 0.2) is 5.76 Å². The van der Waals surface area contributed by atoms with Crippen molar-refractivity contribution in [2.45, 2.75) is 20.1 Å². The van der Waals surface area contributed by atoms with Crippen LogP contribution in [0, 0.1) is 6.92 Å². The van der Waals surface area contributed by atoms with E-state index in [0.717, 1.165) is 11.1 Å². The molecule has 1 aromatic carbocycles. The molecule has 0 bridgehead atoms. The molecular formula is C14H15NO3. The molecule has 4 heteroatoms. The highest BCUT2D eigenvalue weighted by Crippen LogP contribution is 2.07. The molecule has 0 atom stereocenters. The molecule has 1 aromatic heterocycles. The Hall–Kier alpha value is -2.07. The lowest BCUT2D eigenvalue weighted by molar-refractivity contribution is 0.0922. The molecule has 0 aliphatic heterocycles. The van der Waals surface area contributed by atoms with Gasteiger partial charge in [0.1, 0.15) is 5.76 Å². The third-order valence-corrected chi connectivity index (χ3v) is 2.62. The van der Waals surface area contributed by atoms with Gasteiger partial charge in [-0.3, -0.25) is 4.79 Å². The van der Waals surface area contributed by atoms with Crippen LogP contribution in [0.2, 0.25) is 0 Å². The van der Waals surface area contributed by atoms with E-state index in [0.29, 0.717) is 18.1 Å². The number of carbonyl (C=O) groups excluding carboxylic acids is 1. The fourth-order valence-corrected chi connectivity index (χ4v) is 1.59. The van der Waals surface area contributed by atoms with Crippen LogP contribution >= 0.6 is 0 Å². The van der Waals surface area contributed by atoms with Crippen molar-refractivity contribution in [3.63, 3.8) is 0 Å². The minimum absolute atomic E-state index is 0.0261. The lowest BCUT2D eigenvalue weighted by atomic mass is 10.1. The van der Waals surface area contributed by atoms with Crippen LogP contribution in [0.15, 0.2) is 40.8 Å². The second-order valence-corrected chi connectivity index (χ2v) is 4.07. The van der Waals surface area contributed by atoms with Crippen LogP contribution in [0.4, 0.5) is 0 Å². The van der Waals surface area contributed by atoms with Crippen molar-refractivity contribution in [2.75, 3.05) is 0 Å². The normalized spacial score (nSPS) is 10.3. The number of benzene rings is 1. The van der Waals surface area contributed by atoms with E-state index in [2.05, 4.69) is 5.32 Å². The number of aryl methyl sites for hydroxylation is 1. The number of aliphatic hydroxyl groups excluding tert-OH is 1. The minimum atomic E-state index is -0.227. The molecule has 0 radical (unpaired) electrons.